The Hall–Kier alpha value is -1.82. The number of aliphatic hydroxyl groups excluding tert-OH is 1. The summed E-state index contributed by atoms with van der Waals surface area (Å²) in [6, 6.07) is 0. The number of aliphatic hydroxyl groups is 1. The number of Topliss-reactive ketones (excluding diaryl/α,β-unsaturated/α-hetero) is 3. The van der Waals surface area contributed by atoms with Crippen LogP contribution in [0.25, 0.3) is 0 Å². The van der Waals surface area contributed by atoms with E-state index in [1.54, 1.807) is 34.6 Å². The normalized spacial score (nSPS) is 50.1. The fourth-order valence-electron chi connectivity index (χ4n) is 7.72. The smallest absolute Gasteiger partial charge is 0.311 e. The summed E-state index contributed by atoms with van der Waals surface area (Å²) in [5.41, 5.74) is -3.06. The van der Waals surface area contributed by atoms with Gasteiger partial charge in [0, 0.05) is 23.2 Å². The van der Waals surface area contributed by atoms with Gasteiger partial charge in [0.05, 0.1) is 11.3 Å². The topological polar surface area (TPSA) is 97.7 Å². The minimum atomic E-state index is -1.46. The maximum Gasteiger partial charge on any atom is 0.311 e. The van der Waals surface area contributed by atoms with Crippen molar-refractivity contribution in [2.75, 3.05) is 0 Å². The van der Waals surface area contributed by atoms with Crippen molar-refractivity contribution in [2.24, 2.45) is 39.4 Å². The van der Waals surface area contributed by atoms with Gasteiger partial charge in [-0.25, -0.2) is 0 Å². The zero-order chi connectivity index (χ0) is 22.6. The molecule has 1 N–H and O–H groups in total. The van der Waals surface area contributed by atoms with Gasteiger partial charge in [-0.3, -0.25) is 19.2 Å². The zero-order valence-electron chi connectivity index (χ0n) is 18.9. The molecular formula is C24H32O6. The lowest BCUT2D eigenvalue weighted by molar-refractivity contribution is -0.218. The van der Waals surface area contributed by atoms with Crippen molar-refractivity contribution in [1.29, 1.82) is 0 Å². The van der Waals surface area contributed by atoms with Gasteiger partial charge in [0.25, 0.3) is 0 Å². The van der Waals surface area contributed by atoms with Crippen LogP contribution in [0.1, 0.15) is 61.3 Å². The van der Waals surface area contributed by atoms with E-state index in [4.69, 9.17) is 4.74 Å². The van der Waals surface area contributed by atoms with Crippen molar-refractivity contribution < 1.29 is 29.0 Å². The highest BCUT2D eigenvalue weighted by Crippen LogP contribution is 2.69. The molecule has 30 heavy (non-hydrogen) atoms. The predicted molar refractivity (Wildman–Crippen MR) is 108 cm³/mol. The third kappa shape index (κ3) is 2.13. The van der Waals surface area contributed by atoms with Gasteiger partial charge in [0.2, 0.25) is 0 Å². The van der Waals surface area contributed by atoms with Crippen molar-refractivity contribution >= 4 is 23.3 Å². The molecule has 0 aromatic carbocycles. The molecule has 164 valence electrons. The summed E-state index contributed by atoms with van der Waals surface area (Å²) < 4.78 is 5.41. The number of ether oxygens (including phenoxy) is 1. The van der Waals surface area contributed by atoms with Crippen molar-refractivity contribution in [1.82, 2.24) is 0 Å². The van der Waals surface area contributed by atoms with E-state index in [9.17, 15) is 24.3 Å². The first kappa shape index (κ1) is 21.4. The second kappa shape index (κ2) is 5.90. The third-order valence-corrected chi connectivity index (χ3v) is 9.36. The van der Waals surface area contributed by atoms with E-state index < -0.39 is 57.5 Å². The number of fused-ring (bicyclic) bond motifs is 5. The second-order valence-electron chi connectivity index (χ2n) is 11.2. The van der Waals surface area contributed by atoms with Crippen LogP contribution in [0.3, 0.4) is 0 Å². The molecule has 8 atom stereocenters. The number of esters is 1. The van der Waals surface area contributed by atoms with Crippen molar-refractivity contribution in [3.05, 3.63) is 11.6 Å². The van der Waals surface area contributed by atoms with E-state index in [1.165, 1.54) is 0 Å². The molecule has 1 saturated heterocycles. The molecule has 4 aliphatic rings. The molecule has 0 spiro atoms. The minimum Gasteiger partial charge on any atom is -0.454 e. The van der Waals surface area contributed by atoms with Gasteiger partial charge in [0.1, 0.15) is 11.9 Å². The van der Waals surface area contributed by atoms with E-state index in [0.29, 0.717) is 12.8 Å². The van der Waals surface area contributed by atoms with Crippen LogP contribution >= 0.6 is 0 Å². The van der Waals surface area contributed by atoms with Gasteiger partial charge in [-0.2, -0.15) is 0 Å². The number of carbonyl (C=O) groups is 4. The molecule has 1 heterocycles. The Kier molecular flexibility index (Phi) is 4.21. The second-order valence-corrected chi connectivity index (χ2v) is 11.2. The summed E-state index contributed by atoms with van der Waals surface area (Å²) in [6.45, 7) is 12.5. The van der Waals surface area contributed by atoms with E-state index in [-0.39, 0.29) is 17.5 Å². The first-order chi connectivity index (χ1) is 13.7. The summed E-state index contributed by atoms with van der Waals surface area (Å²) in [5.74, 6) is -3.07. The van der Waals surface area contributed by atoms with E-state index >= 15 is 0 Å². The minimum absolute atomic E-state index is 0.0246. The van der Waals surface area contributed by atoms with Crippen molar-refractivity contribution in [3.8, 4) is 0 Å². The summed E-state index contributed by atoms with van der Waals surface area (Å²) in [4.78, 5) is 52.8. The molecule has 2 saturated carbocycles. The number of ketones is 3. The molecule has 0 aromatic rings. The Morgan fingerprint density at radius 2 is 1.63 bits per heavy atom. The molecule has 0 radical (unpaired) electrons. The molecule has 0 amide bonds. The molecule has 0 unspecified atom stereocenters. The lowest BCUT2D eigenvalue weighted by Gasteiger charge is -2.66. The first-order valence-corrected chi connectivity index (χ1v) is 10.8. The highest BCUT2D eigenvalue weighted by atomic mass is 16.5. The zero-order valence-corrected chi connectivity index (χ0v) is 18.9. The van der Waals surface area contributed by atoms with Crippen LogP contribution in [0.15, 0.2) is 11.6 Å². The highest BCUT2D eigenvalue weighted by Gasteiger charge is 2.74. The maximum atomic E-state index is 13.6. The summed E-state index contributed by atoms with van der Waals surface area (Å²) in [7, 11) is 0. The molecule has 6 heteroatoms. The highest BCUT2D eigenvalue weighted by molar-refractivity contribution is 6.02. The number of hydrogen-bond donors (Lipinski definition) is 1. The Balaban J connectivity index is 2.00. The van der Waals surface area contributed by atoms with Gasteiger partial charge < -0.3 is 9.84 Å². The Bertz CT molecular complexity index is 915. The Labute approximate surface area is 177 Å². The number of rotatable bonds is 0. The number of allylic oxidation sites excluding steroid dienone is 2. The molecular weight excluding hydrogens is 384 g/mol. The van der Waals surface area contributed by atoms with E-state index in [0.717, 1.165) is 5.57 Å². The fourth-order valence-corrected chi connectivity index (χ4v) is 7.72. The third-order valence-electron chi connectivity index (χ3n) is 9.36. The first-order valence-electron chi connectivity index (χ1n) is 10.8. The average Bonchev–Trinajstić information content (AvgIpc) is 2.64. The molecule has 0 aromatic heterocycles. The molecule has 4 rings (SSSR count). The van der Waals surface area contributed by atoms with Crippen molar-refractivity contribution in [2.45, 2.75) is 73.5 Å². The summed E-state index contributed by atoms with van der Waals surface area (Å²) in [5, 5.41) is 11.4. The lowest BCUT2D eigenvalue weighted by atomic mass is 9.36. The predicted octanol–water partition coefficient (Wildman–Crippen LogP) is 2.66. The van der Waals surface area contributed by atoms with Crippen LogP contribution in [-0.4, -0.2) is 40.6 Å². The SMILES string of the molecule is CC1=C[C@H]2[C@]3(C)CCC(=O)C(C)(C)[C@H]3C(=O)[C@@H](O)[C@]2(C)[C@H]2C(=O)O[C@H](C)C(=O)[C@]12C. The maximum absolute atomic E-state index is 13.6. The standard InChI is InChI=1S/C24H32O6/c1-11-10-13-22(5)9-8-14(25)21(3,4)16(22)15(26)19(28)24(13,7)17-20(29)30-12(2)18(27)23(11,17)6/h10,12-13,16-17,19,28H,8-9H2,1-7H3/t12-,13+,16-,17+,19-,22+,23-,24+/m1/s1. The Morgan fingerprint density at radius 1 is 1.03 bits per heavy atom. The quantitative estimate of drug-likeness (QED) is 0.482. The fraction of sp³-hybridized carbons (Fsp3) is 0.750. The van der Waals surface area contributed by atoms with Gasteiger partial charge in [-0.05, 0) is 38.5 Å². The monoisotopic (exact) mass is 416 g/mol. The molecule has 1 aliphatic heterocycles. The van der Waals surface area contributed by atoms with Crippen LogP contribution in [-0.2, 0) is 23.9 Å². The lowest BCUT2D eigenvalue weighted by Crippen LogP contribution is -2.73. The largest absolute Gasteiger partial charge is 0.454 e. The van der Waals surface area contributed by atoms with Crippen LogP contribution < -0.4 is 0 Å². The molecule has 0 bridgehead atoms. The number of carbonyl (C=O) groups excluding carboxylic acids is 4. The molecule has 6 nitrogen and oxygen atoms in total. The molecule has 3 aliphatic carbocycles. The Morgan fingerprint density at radius 3 is 2.23 bits per heavy atom. The number of hydrogen-bond acceptors (Lipinski definition) is 6. The van der Waals surface area contributed by atoms with Crippen molar-refractivity contribution in [3.63, 3.8) is 0 Å². The van der Waals surface area contributed by atoms with Crippen LogP contribution in [0.4, 0.5) is 0 Å². The number of cyclic esters (lactones) is 1. The average molecular weight is 417 g/mol. The van der Waals surface area contributed by atoms with Gasteiger partial charge in [0.15, 0.2) is 17.7 Å². The van der Waals surface area contributed by atoms with E-state index in [2.05, 4.69) is 0 Å². The van der Waals surface area contributed by atoms with Gasteiger partial charge >= 0.3 is 5.97 Å². The van der Waals surface area contributed by atoms with Crippen LogP contribution in [0.5, 0.6) is 0 Å². The summed E-state index contributed by atoms with van der Waals surface area (Å²) >= 11 is 0. The van der Waals surface area contributed by atoms with E-state index in [1.807, 2.05) is 19.9 Å². The van der Waals surface area contributed by atoms with Crippen LogP contribution in [0.2, 0.25) is 0 Å². The summed E-state index contributed by atoms with van der Waals surface area (Å²) in [6.07, 6.45) is 0.534. The van der Waals surface area contributed by atoms with Crippen LogP contribution in [0, 0.1) is 39.4 Å². The van der Waals surface area contributed by atoms with Gasteiger partial charge in [-0.15, -0.1) is 0 Å². The van der Waals surface area contributed by atoms with Gasteiger partial charge in [-0.1, -0.05) is 39.3 Å². The molecule has 3 fully saturated rings.